The van der Waals surface area contributed by atoms with E-state index in [1.807, 2.05) is 0 Å². The van der Waals surface area contributed by atoms with Gasteiger partial charge in [-0.3, -0.25) is 14.4 Å². The Morgan fingerprint density at radius 3 is 1.79 bits per heavy atom. The van der Waals surface area contributed by atoms with Crippen LogP contribution in [0.4, 0.5) is 8.78 Å². The average molecular weight is 473 g/mol. The molecule has 14 heteroatoms. The zero-order valence-electron chi connectivity index (χ0n) is 17.8. The van der Waals surface area contributed by atoms with Gasteiger partial charge in [0.2, 0.25) is 5.91 Å². The van der Waals surface area contributed by atoms with E-state index >= 15 is 0 Å². The highest BCUT2D eigenvalue weighted by atomic mass is 19.1. The predicted octanol–water partition coefficient (Wildman–Crippen LogP) is -2.20. The Hall–Kier alpha value is -3.32. The fourth-order valence-corrected chi connectivity index (χ4v) is 3.87. The van der Waals surface area contributed by atoms with E-state index in [1.54, 1.807) is 0 Å². The molecule has 2 atom stereocenters. The van der Waals surface area contributed by atoms with E-state index in [1.165, 1.54) is 19.1 Å². The molecule has 4 rings (SSSR count). The topological polar surface area (TPSA) is 160 Å². The monoisotopic (exact) mass is 473 g/mol. The number of carbonyl (C=O) groups excluding carboxylic acids is 3. The molecule has 0 bridgehead atoms. The standard InChI is InChI=1S/C20H19B2F2N3O7/c1-8(26-19(29)9-2-13-11(15(23)4-9)6-33-21(13)31)17(18(25)28)27-20(30)10-3-14-12(16(24)5-10)7-34-22(14)32/h2-5,8,17,31-32H,6-7H2,1H3,(H2,25,28)(H,26,29)(H,27,30)/t8-,17-/m0/s1. The molecule has 0 aromatic heterocycles. The molecule has 0 saturated heterocycles. The highest BCUT2D eigenvalue weighted by Gasteiger charge is 2.34. The predicted molar refractivity (Wildman–Crippen MR) is 115 cm³/mol. The van der Waals surface area contributed by atoms with Gasteiger partial charge in [0.1, 0.15) is 17.7 Å². The first-order valence-corrected chi connectivity index (χ1v) is 10.2. The number of benzene rings is 2. The molecule has 2 aliphatic rings. The normalized spacial score (nSPS) is 16.0. The lowest BCUT2D eigenvalue weighted by Crippen LogP contribution is -2.56. The first kappa shape index (κ1) is 23.8. The molecule has 2 aromatic carbocycles. The summed E-state index contributed by atoms with van der Waals surface area (Å²) in [5.41, 5.74) is 5.51. The third kappa shape index (κ3) is 4.40. The maximum atomic E-state index is 14.3. The van der Waals surface area contributed by atoms with Crippen molar-refractivity contribution in [1.82, 2.24) is 10.6 Å². The second kappa shape index (κ2) is 9.14. The fourth-order valence-electron chi connectivity index (χ4n) is 3.87. The Bertz CT molecular complexity index is 1200. The molecule has 10 nitrogen and oxygen atoms in total. The molecule has 3 amide bonds. The number of nitrogens with one attached hydrogen (secondary N) is 2. The second-order valence-corrected chi connectivity index (χ2v) is 7.99. The highest BCUT2D eigenvalue weighted by molar-refractivity contribution is 6.62. The first-order valence-electron chi connectivity index (χ1n) is 10.2. The SMILES string of the molecule is C[C@H](NC(=O)c1cc(F)c2c(c1)B(O)OC2)[C@H](NC(=O)c1cc(F)c2c(c1)B(O)OC2)C(N)=O. The summed E-state index contributed by atoms with van der Waals surface area (Å²) < 4.78 is 38.4. The third-order valence-corrected chi connectivity index (χ3v) is 5.74. The van der Waals surface area contributed by atoms with Crippen molar-refractivity contribution in [1.29, 1.82) is 0 Å². The first-order chi connectivity index (χ1) is 16.1. The summed E-state index contributed by atoms with van der Waals surface area (Å²) in [6.45, 7) is 1.10. The molecule has 0 spiro atoms. The van der Waals surface area contributed by atoms with Crippen molar-refractivity contribution in [3.8, 4) is 0 Å². The van der Waals surface area contributed by atoms with Crippen molar-refractivity contribution in [2.24, 2.45) is 5.73 Å². The number of amides is 3. The van der Waals surface area contributed by atoms with E-state index in [2.05, 4.69) is 10.6 Å². The molecule has 0 aliphatic carbocycles. The molecule has 0 radical (unpaired) electrons. The van der Waals surface area contributed by atoms with Gasteiger partial charge in [-0.15, -0.1) is 0 Å². The Balaban J connectivity index is 1.49. The van der Waals surface area contributed by atoms with Crippen LogP contribution in [0.25, 0.3) is 0 Å². The van der Waals surface area contributed by atoms with Crippen molar-refractivity contribution in [3.63, 3.8) is 0 Å². The Labute approximate surface area is 192 Å². The summed E-state index contributed by atoms with van der Waals surface area (Å²) in [7, 11) is -2.76. The lowest BCUT2D eigenvalue weighted by molar-refractivity contribution is -0.120. The lowest BCUT2D eigenvalue weighted by Gasteiger charge is -2.24. The molecule has 0 fully saturated rings. The number of hydrogen-bond acceptors (Lipinski definition) is 7. The number of fused-ring (bicyclic) bond motifs is 2. The summed E-state index contributed by atoms with van der Waals surface area (Å²) in [6, 6.07) is 1.91. The van der Waals surface area contributed by atoms with Crippen LogP contribution in [0.2, 0.25) is 0 Å². The van der Waals surface area contributed by atoms with Crippen LogP contribution in [0.3, 0.4) is 0 Å². The summed E-state index contributed by atoms with van der Waals surface area (Å²) in [5.74, 6) is -4.17. The zero-order chi connectivity index (χ0) is 24.7. The summed E-state index contributed by atoms with van der Waals surface area (Å²) >= 11 is 0. The smallest absolute Gasteiger partial charge is 0.423 e. The summed E-state index contributed by atoms with van der Waals surface area (Å²) in [6.07, 6.45) is 0. The van der Waals surface area contributed by atoms with Gasteiger partial charge in [-0.25, -0.2) is 8.78 Å². The number of carbonyl (C=O) groups is 3. The van der Waals surface area contributed by atoms with Crippen LogP contribution in [0.5, 0.6) is 0 Å². The number of halogens is 2. The maximum absolute atomic E-state index is 14.3. The van der Waals surface area contributed by atoms with Crippen molar-refractivity contribution in [2.45, 2.75) is 32.2 Å². The highest BCUT2D eigenvalue weighted by Crippen LogP contribution is 2.17. The van der Waals surface area contributed by atoms with Crippen molar-refractivity contribution < 1.29 is 42.5 Å². The number of primary amides is 1. The van der Waals surface area contributed by atoms with Gasteiger partial charge in [-0.05, 0) is 42.1 Å². The molecule has 2 heterocycles. The van der Waals surface area contributed by atoms with E-state index in [4.69, 9.17) is 15.0 Å². The van der Waals surface area contributed by atoms with Crippen molar-refractivity contribution in [3.05, 3.63) is 58.2 Å². The molecular formula is C20H19B2F2N3O7. The van der Waals surface area contributed by atoms with Gasteiger partial charge in [0.15, 0.2) is 0 Å². The minimum atomic E-state index is -1.41. The summed E-state index contributed by atoms with van der Waals surface area (Å²) in [5, 5.41) is 24.3. The van der Waals surface area contributed by atoms with Gasteiger partial charge >= 0.3 is 14.2 Å². The van der Waals surface area contributed by atoms with Crippen LogP contribution >= 0.6 is 0 Å². The van der Waals surface area contributed by atoms with E-state index in [0.717, 1.165) is 12.1 Å². The number of hydrogen-bond donors (Lipinski definition) is 5. The van der Waals surface area contributed by atoms with Gasteiger partial charge < -0.3 is 35.7 Å². The molecule has 0 saturated carbocycles. The quantitative estimate of drug-likeness (QED) is 0.298. The molecule has 6 N–H and O–H groups in total. The van der Waals surface area contributed by atoms with Crippen LogP contribution in [0.1, 0.15) is 38.8 Å². The molecular weight excluding hydrogens is 454 g/mol. The molecule has 34 heavy (non-hydrogen) atoms. The van der Waals surface area contributed by atoms with Gasteiger partial charge in [-0.1, -0.05) is 0 Å². The van der Waals surface area contributed by atoms with Crippen LogP contribution in [-0.2, 0) is 27.3 Å². The average Bonchev–Trinajstić information content (AvgIpc) is 3.35. The number of rotatable bonds is 6. The van der Waals surface area contributed by atoms with Crippen molar-refractivity contribution >= 4 is 42.9 Å². The van der Waals surface area contributed by atoms with E-state index in [0.29, 0.717) is 0 Å². The van der Waals surface area contributed by atoms with Crippen LogP contribution in [-0.4, -0.2) is 54.1 Å². The van der Waals surface area contributed by atoms with Crippen LogP contribution in [0.15, 0.2) is 24.3 Å². The number of nitrogens with two attached hydrogens (primary N) is 1. The van der Waals surface area contributed by atoms with Crippen LogP contribution < -0.4 is 27.3 Å². The molecule has 2 aromatic rings. The van der Waals surface area contributed by atoms with E-state index in [-0.39, 0.29) is 46.4 Å². The summed E-state index contributed by atoms with van der Waals surface area (Å²) in [4.78, 5) is 37.3. The van der Waals surface area contributed by atoms with Crippen LogP contribution in [0, 0.1) is 11.6 Å². The van der Waals surface area contributed by atoms with Gasteiger partial charge in [-0.2, -0.15) is 0 Å². The zero-order valence-corrected chi connectivity index (χ0v) is 17.8. The molecule has 176 valence electrons. The molecule has 0 unspecified atom stereocenters. The molecule has 2 aliphatic heterocycles. The van der Waals surface area contributed by atoms with Gasteiger partial charge in [0, 0.05) is 22.3 Å². The van der Waals surface area contributed by atoms with Gasteiger partial charge in [0.05, 0.1) is 19.3 Å². The lowest BCUT2D eigenvalue weighted by atomic mass is 9.78. The largest absolute Gasteiger partial charge is 0.491 e. The Morgan fingerprint density at radius 1 is 0.912 bits per heavy atom. The van der Waals surface area contributed by atoms with Gasteiger partial charge in [0.25, 0.3) is 11.8 Å². The van der Waals surface area contributed by atoms with E-state index < -0.39 is 55.7 Å². The minimum absolute atomic E-state index is 0.0897. The second-order valence-electron chi connectivity index (χ2n) is 7.99. The maximum Gasteiger partial charge on any atom is 0.491 e. The minimum Gasteiger partial charge on any atom is -0.423 e. The fraction of sp³-hybridized carbons (Fsp3) is 0.250. The third-order valence-electron chi connectivity index (χ3n) is 5.74. The Morgan fingerprint density at radius 2 is 1.35 bits per heavy atom. The Kier molecular flexibility index (Phi) is 6.41. The van der Waals surface area contributed by atoms with E-state index in [9.17, 15) is 33.2 Å². The van der Waals surface area contributed by atoms with Crippen molar-refractivity contribution in [2.75, 3.05) is 0 Å².